The number of ether oxygens (including phenoxy) is 1. The molecule has 1 amide bonds. The first-order valence-corrected chi connectivity index (χ1v) is 9.85. The predicted molar refractivity (Wildman–Crippen MR) is 103 cm³/mol. The highest BCUT2D eigenvalue weighted by atomic mass is 32.1. The van der Waals surface area contributed by atoms with Crippen molar-refractivity contribution in [3.63, 3.8) is 0 Å². The van der Waals surface area contributed by atoms with E-state index in [1.807, 2.05) is 23.1 Å². The van der Waals surface area contributed by atoms with Crippen LogP contribution in [0.15, 0.2) is 24.3 Å². The fraction of sp³-hybridized carbons (Fsp3) is 0.526. The monoisotopic (exact) mass is 372 g/mol. The fourth-order valence-electron chi connectivity index (χ4n) is 3.36. The summed E-state index contributed by atoms with van der Waals surface area (Å²) in [5.74, 6) is 0.0419. The number of anilines is 2. The summed E-state index contributed by atoms with van der Waals surface area (Å²) in [5, 5.41) is 10.6. The topological polar surface area (TPSA) is 58.6 Å². The molecule has 0 saturated carbocycles. The van der Waals surface area contributed by atoms with Gasteiger partial charge in [-0.1, -0.05) is 50.3 Å². The normalized spacial score (nSPS) is 20.3. The standard InChI is InChI=1S/C19H24N4O2S/c1-19(2,3)17-20-21-18(26-17)22-10-11-25-15(12-22)16(24)23-9-8-13-6-4-5-7-14(13)23/h4-7,15H,8-12H2,1-3H3. The van der Waals surface area contributed by atoms with Gasteiger partial charge in [0.25, 0.3) is 5.91 Å². The summed E-state index contributed by atoms with van der Waals surface area (Å²) >= 11 is 1.60. The van der Waals surface area contributed by atoms with Gasteiger partial charge in [0.2, 0.25) is 5.13 Å². The molecule has 26 heavy (non-hydrogen) atoms. The van der Waals surface area contributed by atoms with E-state index < -0.39 is 6.10 Å². The Morgan fingerprint density at radius 3 is 2.81 bits per heavy atom. The van der Waals surface area contributed by atoms with Gasteiger partial charge in [-0.05, 0) is 18.1 Å². The Labute approximate surface area is 157 Å². The predicted octanol–water partition coefficient (Wildman–Crippen LogP) is 2.63. The zero-order valence-electron chi connectivity index (χ0n) is 15.4. The third kappa shape index (κ3) is 3.21. The minimum absolute atomic E-state index is 0.0172. The lowest BCUT2D eigenvalue weighted by Crippen LogP contribution is -2.51. The molecular formula is C19H24N4O2S. The molecule has 7 heteroatoms. The van der Waals surface area contributed by atoms with Crippen LogP contribution in [0.25, 0.3) is 0 Å². The van der Waals surface area contributed by atoms with E-state index in [1.165, 1.54) is 5.56 Å². The second-order valence-corrected chi connectivity index (χ2v) is 8.77. The third-order valence-corrected chi connectivity index (χ3v) is 6.23. The molecule has 1 aromatic carbocycles. The minimum Gasteiger partial charge on any atom is -0.365 e. The highest BCUT2D eigenvalue weighted by molar-refractivity contribution is 7.15. The summed E-state index contributed by atoms with van der Waals surface area (Å²) in [5.41, 5.74) is 2.23. The van der Waals surface area contributed by atoms with Gasteiger partial charge in [0, 0.05) is 24.2 Å². The van der Waals surface area contributed by atoms with E-state index in [-0.39, 0.29) is 11.3 Å². The smallest absolute Gasteiger partial charge is 0.257 e. The molecule has 6 nitrogen and oxygen atoms in total. The number of aromatic nitrogens is 2. The molecule has 0 radical (unpaired) electrons. The van der Waals surface area contributed by atoms with Crippen LogP contribution in [-0.4, -0.2) is 48.4 Å². The zero-order chi connectivity index (χ0) is 18.3. The lowest BCUT2D eigenvalue weighted by Gasteiger charge is -2.33. The Kier molecular flexibility index (Phi) is 4.44. The van der Waals surface area contributed by atoms with Crippen molar-refractivity contribution in [2.45, 2.75) is 38.7 Å². The number of morpholine rings is 1. The summed E-state index contributed by atoms with van der Waals surface area (Å²) in [6.45, 7) is 8.91. The summed E-state index contributed by atoms with van der Waals surface area (Å²) in [4.78, 5) is 17.0. The van der Waals surface area contributed by atoms with Crippen molar-refractivity contribution >= 4 is 28.1 Å². The van der Waals surface area contributed by atoms with Gasteiger partial charge in [0.15, 0.2) is 6.10 Å². The first-order valence-electron chi connectivity index (χ1n) is 9.03. The van der Waals surface area contributed by atoms with Crippen LogP contribution < -0.4 is 9.80 Å². The molecule has 0 bridgehead atoms. The summed E-state index contributed by atoms with van der Waals surface area (Å²) in [6.07, 6.45) is 0.445. The van der Waals surface area contributed by atoms with Crippen LogP contribution >= 0.6 is 11.3 Å². The van der Waals surface area contributed by atoms with Gasteiger partial charge >= 0.3 is 0 Å². The number of para-hydroxylation sites is 1. The third-order valence-electron chi connectivity index (χ3n) is 4.82. The molecule has 1 atom stereocenters. The Balaban J connectivity index is 1.49. The van der Waals surface area contributed by atoms with Crippen LogP contribution in [0.2, 0.25) is 0 Å². The first kappa shape index (κ1) is 17.4. The highest BCUT2D eigenvalue weighted by Gasteiger charge is 2.35. The van der Waals surface area contributed by atoms with E-state index in [4.69, 9.17) is 4.74 Å². The summed E-state index contributed by atoms with van der Waals surface area (Å²) in [7, 11) is 0. The molecule has 4 rings (SSSR count). The van der Waals surface area contributed by atoms with Crippen molar-refractivity contribution in [2.24, 2.45) is 0 Å². The Bertz CT molecular complexity index is 814. The van der Waals surface area contributed by atoms with Crippen LogP contribution in [0.5, 0.6) is 0 Å². The highest BCUT2D eigenvalue weighted by Crippen LogP contribution is 2.32. The number of carbonyl (C=O) groups is 1. The van der Waals surface area contributed by atoms with Crippen LogP contribution in [0, 0.1) is 0 Å². The van der Waals surface area contributed by atoms with Crippen LogP contribution in [-0.2, 0) is 21.4 Å². The number of amides is 1. The van der Waals surface area contributed by atoms with Crippen molar-refractivity contribution in [3.8, 4) is 0 Å². The van der Waals surface area contributed by atoms with Crippen LogP contribution in [0.1, 0.15) is 31.3 Å². The quantitative estimate of drug-likeness (QED) is 0.811. The van der Waals surface area contributed by atoms with E-state index in [9.17, 15) is 4.79 Å². The minimum atomic E-state index is -0.461. The molecule has 1 aromatic heterocycles. The van der Waals surface area contributed by atoms with Crippen molar-refractivity contribution < 1.29 is 9.53 Å². The Morgan fingerprint density at radius 2 is 2.04 bits per heavy atom. The number of benzene rings is 1. The number of hydrogen-bond donors (Lipinski definition) is 0. The Morgan fingerprint density at radius 1 is 1.23 bits per heavy atom. The zero-order valence-corrected chi connectivity index (χ0v) is 16.3. The van der Waals surface area contributed by atoms with Gasteiger partial charge in [-0.2, -0.15) is 0 Å². The molecule has 138 valence electrons. The average molecular weight is 372 g/mol. The SMILES string of the molecule is CC(C)(C)c1nnc(N2CCOC(C(=O)N3CCc4ccccc43)C2)s1. The van der Waals surface area contributed by atoms with Gasteiger partial charge < -0.3 is 14.5 Å². The van der Waals surface area contributed by atoms with E-state index in [1.54, 1.807) is 11.3 Å². The number of nitrogens with zero attached hydrogens (tertiary/aromatic N) is 4. The van der Waals surface area contributed by atoms with Crippen molar-refractivity contribution in [1.82, 2.24) is 10.2 Å². The summed E-state index contributed by atoms with van der Waals surface area (Å²) < 4.78 is 5.82. The molecule has 2 aromatic rings. The second kappa shape index (κ2) is 6.63. The largest absolute Gasteiger partial charge is 0.365 e. The number of hydrogen-bond acceptors (Lipinski definition) is 6. The lowest BCUT2D eigenvalue weighted by molar-refractivity contribution is -0.130. The molecule has 3 heterocycles. The average Bonchev–Trinajstić information content (AvgIpc) is 3.28. The molecule has 2 aliphatic heterocycles. The van der Waals surface area contributed by atoms with Crippen molar-refractivity contribution in [3.05, 3.63) is 34.8 Å². The number of carbonyl (C=O) groups excluding carboxylic acids is 1. The van der Waals surface area contributed by atoms with E-state index >= 15 is 0 Å². The van der Waals surface area contributed by atoms with Gasteiger partial charge in [0.1, 0.15) is 5.01 Å². The molecule has 0 N–H and O–H groups in total. The fourth-order valence-corrected chi connectivity index (χ4v) is 4.30. The van der Waals surface area contributed by atoms with Gasteiger partial charge in [0.05, 0.1) is 13.2 Å². The molecule has 2 aliphatic rings. The molecule has 0 aliphatic carbocycles. The van der Waals surface area contributed by atoms with Gasteiger partial charge in [-0.15, -0.1) is 10.2 Å². The van der Waals surface area contributed by atoms with Gasteiger partial charge in [-0.25, -0.2) is 0 Å². The Hall–Kier alpha value is -1.99. The van der Waals surface area contributed by atoms with Gasteiger partial charge in [-0.3, -0.25) is 4.79 Å². The van der Waals surface area contributed by atoms with E-state index in [0.29, 0.717) is 13.2 Å². The maximum absolute atomic E-state index is 13.0. The van der Waals surface area contributed by atoms with Crippen LogP contribution in [0.3, 0.4) is 0 Å². The second-order valence-electron chi connectivity index (χ2n) is 7.81. The lowest BCUT2D eigenvalue weighted by atomic mass is 9.98. The maximum Gasteiger partial charge on any atom is 0.257 e. The first-order chi connectivity index (χ1) is 12.4. The molecule has 1 unspecified atom stereocenters. The van der Waals surface area contributed by atoms with Crippen molar-refractivity contribution in [2.75, 3.05) is 36.0 Å². The summed E-state index contributed by atoms with van der Waals surface area (Å²) in [6, 6.07) is 8.11. The maximum atomic E-state index is 13.0. The number of rotatable bonds is 2. The molecular weight excluding hydrogens is 348 g/mol. The molecule has 0 spiro atoms. The van der Waals surface area contributed by atoms with Crippen molar-refractivity contribution in [1.29, 1.82) is 0 Å². The van der Waals surface area contributed by atoms with Crippen LogP contribution in [0.4, 0.5) is 10.8 Å². The van der Waals surface area contributed by atoms with E-state index in [2.05, 4.69) is 41.9 Å². The molecule has 1 saturated heterocycles. The number of fused-ring (bicyclic) bond motifs is 1. The molecule has 1 fully saturated rings. The van der Waals surface area contributed by atoms with E-state index in [0.717, 1.165) is 35.3 Å².